The summed E-state index contributed by atoms with van der Waals surface area (Å²) in [7, 11) is -0.965. The topological polar surface area (TPSA) is 44.8 Å². The van der Waals surface area contributed by atoms with Gasteiger partial charge in [0.2, 0.25) is 0 Å². The fourth-order valence-corrected chi connectivity index (χ4v) is 8.83. The number of benzene rings is 2. The molecule has 1 aliphatic heterocycles. The summed E-state index contributed by atoms with van der Waals surface area (Å²) in [6, 6.07) is 21.2. The quantitative estimate of drug-likeness (QED) is 0.651. The van der Waals surface area contributed by atoms with Gasteiger partial charge in [-0.25, -0.2) is 0 Å². The molecule has 4 nitrogen and oxygen atoms in total. The molecule has 0 N–H and O–H groups in total. The number of ketones is 1. The lowest BCUT2D eigenvalue weighted by Crippen LogP contribution is -2.66. The predicted molar refractivity (Wildman–Crippen MR) is 118 cm³/mol. The van der Waals surface area contributed by atoms with Crippen molar-refractivity contribution >= 4 is 24.5 Å². The van der Waals surface area contributed by atoms with Crippen LogP contribution in [0.15, 0.2) is 60.7 Å². The zero-order valence-corrected chi connectivity index (χ0v) is 18.9. The van der Waals surface area contributed by atoms with E-state index >= 15 is 0 Å². The van der Waals surface area contributed by atoms with Crippen molar-refractivity contribution in [1.29, 1.82) is 0 Å². The van der Waals surface area contributed by atoms with Crippen LogP contribution in [0.1, 0.15) is 40.0 Å². The van der Waals surface area contributed by atoms with Gasteiger partial charge < -0.3 is 13.9 Å². The fourth-order valence-electron chi connectivity index (χ4n) is 4.25. The first-order valence-electron chi connectivity index (χ1n) is 10.3. The predicted octanol–water partition coefficient (Wildman–Crippen LogP) is 3.67. The lowest BCUT2D eigenvalue weighted by Gasteiger charge is -2.43. The summed E-state index contributed by atoms with van der Waals surface area (Å²) in [6.07, 6.45) is 0.858. The maximum Gasteiger partial charge on any atom is 0.261 e. The molecule has 2 atom stereocenters. The first-order valence-corrected chi connectivity index (χ1v) is 12.2. The third-order valence-electron chi connectivity index (χ3n) is 5.63. The van der Waals surface area contributed by atoms with Gasteiger partial charge in [-0.3, -0.25) is 4.79 Å². The summed E-state index contributed by atoms with van der Waals surface area (Å²) in [5.41, 5.74) is 0. The molecule has 2 aromatic carbocycles. The highest BCUT2D eigenvalue weighted by molar-refractivity contribution is 6.99. The number of carbonyl (C=O) groups is 1. The van der Waals surface area contributed by atoms with Crippen molar-refractivity contribution in [2.75, 3.05) is 13.7 Å². The maximum absolute atomic E-state index is 12.0. The van der Waals surface area contributed by atoms with Crippen LogP contribution in [0.3, 0.4) is 0 Å². The molecule has 1 saturated heterocycles. The van der Waals surface area contributed by atoms with Gasteiger partial charge >= 0.3 is 0 Å². The largest absolute Gasteiger partial charge is 0.407 e. The lowest BCUT2D eigenvalue weighted by atomic mass is 10.0. The van der Waals surface area contributed by atoms with Gasteiger partial charge in [-0.05, 0) is 21.8 Å². The standard InChI is InChI=1S/C24H32O4Si/c1-24(2,3)29(21-11-7-5-8-12-21,22-13-9-6-10-14-22)27-16-15-20-17-19(25)18-23(26-4)28-20/h5-14,20,23H,15-18H2,1-4H3/t20-,23-/m1/s1. The van der Waals surface area contributed by atoms with Gasteiger partial charge in [-0.1, -0.05) is 81.4 Å². The number of hydrogen-bond donors (Lipinski definition) is 0. The number of methoxy groups -OCH3 is 1. The van der Waals surface area contributed by atoms with Gasteiger partial charge in [0.05, 0.1) is 12.5 Å². The minimum atomic E-state index is -2.55. The van der Waals surface area contributed by atoms with Crippen molar-refractivity contribution in [3.05, 3.63) is 60.7 Å². The summed E-state index contributed by atoms with van der Waals surface area (Å²) in [5, 5.41) is 2.46. The van der Waals surface area contributed by atoms with Crippen LogP contribution in [-0.2, 0) is 18.7 Å². The molecule has 29 heavy (non-hydrogen) atoms. The third-order valence-corrected chi connectivity index (χ3v) is 10.7. The molecule has 1 heterocycles. The molecule has 156 valence electrons. The second-order valence-corrected chi connectivity index (χ2v) is 13.0. The molecule has 0 aromatic heterocycles. The summed E-state index contributed by atoms with van der Waals surface area (Å²) >= 11 is 0. The molecule has 0 spiro atoms. The highest BCUT2D eigenvalue weighted by atomic mass is 28.4. The molecule has 2 aromatic rings. The SMILES string of the molecule is CO[C@H]1CC(=O)C[C@@H](CCO[Si](c2ccccc2)(c2ccccc2)C(C)(C)C)O1. The van der Waals surface area contributed by atoms with Crippen LogP contribution >= 0.6 is 0 Å². The summed E-state index contributed by atoms with van der Waals surface area (Å²) in [4.78, 5) is 12.0. The van der Waals surface area contributed by atoms with E-state index in [1.165, 1.54) is 10.4 Å². The molecule has 0 saturated carbocycles. The Balaban J connectivity index is 1.87. The monoisotopic (exact) mass is 412 g/mol. The Hall–Kier alpha value is -1.79. The van der Waals surface area contributed by atoms with E-state index in [2.05, 4.69) is 69.3 Å². The van der Waals surface area contributed by atoms with Gasteiger partial charge in [-0.2, -0.15) is 0 Å². The van der Waals surface area contributed by atoms with Gasteiger partial charge in [0, 0.05) is 20.1 Å². The molecule has 0 bridgehead atoms. The number of hydrogen-bond acceptors (Lipinski definition) is 4. The number of carbonyl (C=O) groups excluding carboxylic acids is 1. The van der Waals surface area contributed by atoms with Gasteiger partial charge in [-0.15, -0.1) is 0 Å². The molecule has 0 unspecified atom stereocenters. The summed E-state index contributed by atoms with van der Waals surface area (Å²) < 4.78 is 18.0. The second-order valence-electron chi connectivity index (χ2n) is 8.67. The number of rotatable bonds is 7. The first kappa shape index (κ1) is 21.9. The lowest BCUT2D eigenvalue weighted by molar-refractivity contribution is -0.185. The van der Waals surface area contributed by atoms with Gasteiger partial charge in [0.15, 0.2) is 6.29 Å². The normalized spacial score (nSPS) is 20.6. The van der Waals surface area contributed by atoms with Crippen LogP contribution in [-0.4, -0.2) is 40.2 Å². The molecule has 1 aliphatic rings. The van der Waals surface area contributed by atoms with Crippen LogP contribution < -0.4 is 10.4 Å². The molecule has 5 heteroatoms. The highest BCUT2D eigenvalue weighted by Gasteiger charge is 2.50. The fraction of sp³-hybridized carbons (Fsp3) is 0.458. The average molecular weight is 413 g/mol. The van der Waals surface area contributed by atoms with Crippen LogP contribution in [0.4, 0.5) is 0 Å². The van der Waals surface area contributed by atoms with Crippen molar-refractivity contribution in [2.45, 2.75) is 57.5 Å². The number of Topliss-reactive ketones (excluding diaryl/α,β-unsaturated/α-hetero) is 1. The average Bonchev–Trinajstić information content (AvgIpc) is 2.71. The van der Waals surface area contributed by atoms with E-state index in [1.807, 2.05) is 12.1 Å². The van der Waals surface area contributed by atoms with E-state index in [4.69, 9.17) is 13.9 Å². The minimum Gasteiger partial charge on any atom is -0.407 e. The second kappa shape index (κ2) is 9.35. The van der Waals surface area contributed by atoms with E-state index in [9.17, 15) is 4.79 Å². The van der Waals surface area contributed by atoms with Gasteiger partial charge in [0.25, 0.3) is 8.32 Å². The first-order chi connectivity index (χ1) is 13.9. The Morgan fingerprint density at radius 3 is 2.00 bits per heavy atom. The van der Waals surface area contributed by atoms with Crippen LogP contribution in [0, 0.1) is 0 Å². The molecule has 3 rings (SSSR count). The molecular weight excluding hydrogens is 380 g/mol. The highest BCUT2D eigenvalue weighted by Crippen LogP contribution is 2.37. The van der Waals surface area contributed by atoms with Crippen molar-refractivity contribution in [3.63, 3.8) is 0 Å². The zero-order valence-electron chi connectivity index (χ0n) is 17.9. The Labute approximate surface area is 175 Å². The Bertz CT molecular complexity index is 746. The number of ether oxygens (including phenoxy) is 2. The third kappa shape index (κ3) is 4.86. The zero-order chi connectivity index (χ0) is 20.9. The molecule has 0 aliphatic carbocycles. The van der Waals surface area contributed by atoms with E-state index in [1.54, 1.807) is 7.11 Å². The smallest absolute Gasteiger partial charge is 0.261 e. The van der Waals surface area contributed by atoms with Crippen LogP contribution in [0.5, 0.6) is 0 Å². The van der Waals surface area contributed by atoms with E-state index in [-0.39, 0.29) is 16.9 Å². The Kier molecular flexibility index (Phi) is 7.06. The van der Waals surface area contributed by atoms with E-state index < -0.39 is 14.6 Å². The Morgan fingerprint density at radius 1 is 0.966 bits per heavy atom. The maximum atomic E-state index is 12.0. The van der Waals surface area contributed by atoms with Crippen molar-refractivity contribution in [1.82, 2.24) is 0 Å². The van der Waals surface area contributed by atoms with Crippen LogP contribution in [0.2, 0.25) is 5.04 Å². The molecule has 0 amide bonds. The van der Waals surface area contributed by atoms with E-state index in [0.29, 0.717) is 25.9 Å². The van der Waals surface area contributed by atoms with E-state index in [0.717, 1.165) is 0 Å². The molecular formula is C24H32O4Si. The molecule has 1 fully saturated rings. The minimum absolute atomic E-state index is 0.0615. The summed E-state index contributed by atoms with van der Waals surface area (Å²) in [5.74, 6) is 0.193. The molecule has 0 radical (unpaired) electrons. The summed E-state index contributed by atoms with van der Waals surface area (Å²) in [6.45, 7) is 7.34. The van der Waals surface area contributed by atoms with Crippen molar-refractivity contribution in [2.24, 2.45) is 0 Å². The Morgan fingerprint density at radius 2 is 1.52 bits per heavy atom. The van der Waals surface area contributed by atoms with Crippen molar-refractivity contribution < 1.29 is 18.7 Å². The van der Waals surface area contributed by atoms with Gasteiger partial charge in [0.1, 0.15) is 5.78 Å². The van der Waals surface area contributed by atoms with Crippen LogP contribution in [0.25, 0.3) is 0 Å². The van der Waals surface area contributed by atoms with Crippen molar-refractivity contribution in [3.8, 4) is 0 Å².